The molecule has 2 rings (SSSR count). The molecular weight excluding hydrogens is 411 g/mol. The van der Waals surface area contributed by atoms with Gasteiger partial charge in [-0.1, -0.05) is 6.07 Å². The van der Waals surface area contributed by atoms with Gasteiger partial charge in [-0.3, -0.25) is 4.79 Å². The molecule has 0 aliphatic heterocycles. The number of nitrogens with one attached hydrogen (secondary N) is 2. The van der Waals surface area contributed by atoms with Crippen molar-refractivity contribution < 1.29 is 4.79 Å². The van der Waals surface area contributed by atoms with E-state index >= 15 is 0 Å². The fraction of sp³-hybridized carbons (Fsp3) is 0.250. The lowest BCUT2D eigenvalue weighted by Crippen LogP contribution is -2.25. The summed E-state index contributed by atoms with van der Waals surface area (Å²) in [5.74, 6) is 0.690. The van der Waals surface area contributed by atoms with E-state index in [1.165, 1.54) is 11.3 Å². The van der Waals surface area contributed by atoms with Gasteiger partial charge in [0, 0.05) is 19.3 Å². The van der Waals surface area contributed by atoms with Gasteiger partial charge < -0.3 is 10.6 Å². The van der Waals surface area contributed by atoms with E-state index in [0.717, 1.165) is 20.7 Å². The summed E-state index contributed by atoms with van der Waals surface area (Å²) in [4.78, 5) is 20.4. The molecule has 2 aromatic rings. The largest absolute Gasteiger partial charge is 0.369 e. The third-order valence-corrected chi connectivity index (χ3v) is 4.23. The summed E-state index contributed by atoms with van der Waals surface area (Å²) in [5.41, 5.74) is 0. The molecule has 0 atom stereocenters. The van der Waals surface area contributed by atoms with Gasteiger partial charge in [-0.25, -0.2) is 4.98 Å². The Morgan fingerprint density at radius 2 is 2.30 bits per heavy atom. The number of halogens is 2. The van der Waals surface area contributed by atoms with E-state index in [2.05, 4.69) is 43.2 Å². The van der Waals surface area contributed by atoms with E-state index in [-0.39, 0.29) is 11.2 Å². The highest BCUT2D eigenvalue weighted by atomic mass is 127. The van der Waals surface area contributed by atoms with Crippen LogP contribution in [0, 0.1) is 3.57 Å². The fourth-order valence-electron chi connectivity index (χ4n) is 1.46. The summed E-state index contributed by atoms with van der Waals surface area (Å²) in [6.07, 6.45) is 2.46. The molecule has 2 aromatic heterocycles. The van der Waals surface area contributed by atoms with E-state index in [1.54, 1.807) is 6.20 Å². The number of anilines is 1. The minimum Gasteiger partial charge on any atom is -0.369 e. The minimum absolute atomic E-state index is 0.0281. The lowest BCUT2D eigenvalue weighted by atomic mass is 10.4. The van der Waals surface area contributed by atoms with Crippen LogP contribution in [0.5, 0.6) is 0 Å². The summed E-state index contributed by atoms with van der Waals surface area (Å²) >= 11 is 9.31. The molecule has 2 heterocycles. The number of amides is 1. The van der Waals surface area contributed by atoms with E-state index in [4.69, 9.17) is 11.6 Å². The molecule has 0 spiro atoms. The zero-order chi connectivity index (χ0) is 14.4. The number of hydrogen-bond donors (Lipinski definition) is 2. The lowest BCUT2D eigenvalue weighted by Gasteiger charge is -2.08. The summed E-state index contributed by atoms with van der Waals surface area (Å²) in [6.45, 7) is 1.31. The van der Waals surface area contributed by atoms with Gasteiger partial charge in [-0.05, 0) is 52.1 Å². The molecule has 106 valence electrons. The number of carbonyl (C=O) groups excluding carboxylic acids is 1. The van der Waals surface area contributed by atoms with Crippen molar-refractivity contribution in [3.8, 4) is 0 Å². The number of nitrogens with zero attached hydrogens (tertiary/aromatic N) is 2. The molecule has 0 radical (unpaired) electrons. The van der Waals surface area contributed by atoms with Gasteiger partial charge in [-0.2, -0.15) is 4.98 Å². The van der Waals surface area contributed by atoms with Crippen LogP contribution in [0.25, 0.3) is 0 Å². The van der Waals surface area contributed by atoms with Crippen molar-refractivity contribution in [2.45, 2.75) is 6.42 Å². The third kappa shape index (κ3) is 4.57. The number of aromatic nitrogens is 2. The van der Waals surface area contributed by atoms with Crippen molar-refractivity contribution in [2.75, 3.05) is 18.4 Å². The highest BCUT2D eigenvalue weighted by Crippen LogP contribution is 2.15. The van der Waals surface area contributed by atoms with Gasteiger partial charge >= 0.3 is 0 Å². The number of carbonyl (C=O) groups is 1. The van der Waals surface area contributed by atoms with E-state index in [0.29, 0.717) is 13.1 Å². The first-order valence-electron chi connectivity index (χ1n) is 5.90. The van der Waals surface area contributed by atoms with Crippen molar-refractivity contribution in [1.82, 2.24) is 15.3 Å². The number of rotatable bonds is 6. The first kappa shape index (κ1) is 15.5. The predicted molar refractivity (Wildman–Crippen MR) is 89.5 cm³/mol. The van der Waals surface area contributed by atoms with Gasteiger partial charge in [0.05, 0.1) is 8.45 Å². The Morgan fingerprint density at radius 3 is 3.05 bits per heavy atom. The van der Waals surface area contributed by atoms with E-state index in [9.17, 15) is 4.79 Å². The second-order valence-corrected chi connectivity index (χ2v) is 6.30. The van der Waals surface area contributed by atoms with Crippen LogP contribution < -0.4 is 10.6 Å². The molecule has 0 bridgehead atoms. The van der Waals surface area contributed by atoms with E-state index in [1.807, 2.05) is 17.5 Å². The minimum atomic E-state index is -0.0281. The summed E-state index contributed by atoms with van der Waals surface area (Å²) < 4.78 is 0.912. The highest BCUT2D eigenvalue weighted by Gasteiger charge is 2.05. The zero-order valence-corrected chi connectivity index (χ0v) is 14.1. The molecule has 0 saturated carbocycles. The normalized spacial score (nSPS) is 10.3. The molecule has 0 unspecified atom stereocenters. The van der Waals surface area contributed by atoms with Crippen LogP contribution >= 0.6 is 45.5 Å². The van der Waals surface area contributed by atoms with Gasteiger partial charge in [0.2, 0.25) is 5.28 Å². The van der Waals surface area contributed by atoms with Crippen molar-refractivity contribution in [1.29, 1.82) is 0 Å². The molecule has 20 heavy (non-hydrogen) atoms. The van der Waals surface area contributed by atoms with Crippen LogP contribution in [0.3, 0.4) is 0 Å². The molecule has 2 N–H and O–H groups in total. The average molecular weight is 423 g/mol. The Bertz CT molecular complexity index is 579. The highest BCUT2D eigenvalue weighted by molar-refractivity contribution is 14.1. The smallest absolute Gasteiger partial charge is 0.261 e. The van der Waals surface area contributed by atoms with Crippen molar-refractivity contribution >= 4 is 57.3 Å². The Balaban J connectivity index is 1.69. The second-order valence-electron chi connectivity index (χ2n) is 3.85. The maximum Gasteiger partial charge on any atom is 0.261 e. The van der Waals surface area contributed by atoms with Gasteiger partial charge in [-0.15, -0.1) is 11.3 Å². The summed E-state index contributed by atoms with van der Waals surface area (Å²) in [7, 11) is 0. The first-order chi connectivity index (χ1) is 9.66. The fourth-order valence-corrected chi connectivity index (χ4v) is 2.69. The molecule has 0 fully saturated rings. The van der Waals surface area contributed by atoms with Crippen LogP contribution in [-0.4, -0.2) is 29.0 Å². The molecule has 0 aromatic carbocycles. The van der Waals surface area contributed by atoms with Crippen molar-refractivity contribution in [3.05, 3.63) is 37.4 Å². The third-order valence-electron chi connectivity index (χ3n) is 2.39. The van der Waals surface area contributed by atoms with Crippen molar-refractivity contribution in [2.24, 2.45) is 0 Å². The lowest BCUT2D eigenvalue weighted by molar-refractivity contribution is 0.0957. The maximum absolute atomic E-state index is 11.7. The predicted octanol–water partition coefficient (Wildman–Crippen LogP) is 3.03. The molecule has 1 amide bonds. The van der Waals surface area contributed by atoms with Gasteiger partial charge in [0.15, 0.2) is 0 Å². The van der Waals surface area contributed by atoms with Crippen LogP contribution in [-0.2, 0) is 0 Å². The molecule has 0 aliphatic rings. The molecule has 5 nitrogen and oxygen atoms in total. The monoisotopic (exact) mass is 422 g/mol. The number of hydrogen-bond acceptors (Lipinski definition) is 5. The molecule has 8 heteroatoms. The molecular formula is C12H12ClIN4OS. The second kappa shape index (κ2) is 7.75. The topological polar surface area (TPSA) is 66.9 Å². The Hall–Kier alpha value is -0.930. The Labute approximate surface area is 139 Å². The quantitative estimate of drug-likeness (QED) is 0.427. The Kier molecular flexibility index (Phi) is 5.99. The summed E-state index contributed by atoms with van der Waals surface area (Å²) in [5, 5.41) is 8.15. The van der Waals surface area contributed by atoms with Crippen LogP contribution in [0.15, 0.2) is 23.7 Å². The average Bonchev–Trinajstić information content (AvgIpc) is 2.96. The van der Waals surface area contributed by atoms with Crippen LogP contribution in [0.1, 0.15) is 16.1 Å². The van der Waals surface area contributed by atoms with Crippen molar-refractivity contribution in [3.63, 3.8) is 0 Å². The van der Waals surface area contributed by atoms with E-state index < -0.39 is 0 Å². The van der Waals surface area contributed by atoms with Crippen LogP contribution in [0.4, 0.5) is 5.82 Å². The Morgan fingerprint density at radius 1 is 1.45 bits per heavy atom. The van der Waals surface area contributed by atoms with Gasteiger partial charge in [0.25, 0.3) is 5.91 Å². The molecule has 0 aliphatic carbocycles. The first-order valence-corrected chi connectivity index (χ1v) is 8.24. The maximum atomic E-state index is 11.7. The number of thiophene rings is 1. The van der Waals surface area contributed by atoms with Gasteiger partial charge in [0.1, 0.15) is 5.82 Å². The standard InChI is InChI=1S/C12H12ClIN4OS/c13-12-17-7-8(14)10(18-12)15-4-2-5-16-11(19)9-3-1-6-20-9/h1,3,6-7H,2,4-5H2,(H,16,19)(H,15,17,18). The van der Waals surface area contributed by atoms with Crippen LogP contribution in [0.2, 0.25) is 5.28 Å². The SMILES string of the molecule is O=C(NCCCNc1nc(Cl)ncc1I)c1cccs1. The molecule has 0 saturated heterocycles. The summed E-state index contributed by atoms with van der Waals surface area (Å²) in [6, 6.07) is 3.67. The zero-order valence-electron chi connectivity index (χ0n) is 10.4.